The van der Waals surface area contributed by atoms with E-state index in [2.05, 4.69) is 15.9 Å². The van der Waals surface area contributed by atoms with Gasteiger partial charge in [-0.25, -0.2) is 0 Å². The van der Waals surface area contributed by atoms with Crippen molar-refractivity contribution in [2.75, 3.05) is 13.2 Å². The van der Waals surface area contributed by atoms with Crippen LogP contribution in [-0.2, 0) is 0 Å². The van der Waals surface area contributed by atoms with Crippen molar-refractivity contribution in [2.24, 2.45) is 0 Å². The van der Waals surface area contributed by atoms with Crippen LogP contribution in [0.3, 0.4) is 0 Å². The molecule has 1 heterocycles. The SMILES string of the molecule is O=C(c1ccc2c(c1)OCCCO2)c1ccc(Cl)cc1Br. The molecule has 0 saturated carbocycles. The average Bonchev–Trinajstić information content (AvgIpc) is 2.71. The van der Waals surface area contributed by atoms with E-state index in [0.29, 0.717) is 45.3 Å². The standard InChI is InChI=1S/C16H12BrClO3/c17-13-9-11(18)3-4-12(13)16(19)10-2-5-14-15(8-10)21-7-1-6-20-14/h2-5,8-9H,1,6-7H2. The first kappa shape index (κ1) is 14.4. The van der Waals surface area contributed by atoms with E-state index in [1.54, 1.807) is 36.4 Å². The lowest BCUT2D eigenvalue weighted by atomic mass is 10.0. The maximum atomic E-state index is 12.6. The van der Waals surface area contributed by atoms with Crippen molar-refractivity contribution in [3.05, 3.63) is 57.0 Å². The molecule has 0 N–H and O–H groups in total. The van der Waals surface area contributed by atoms with Crippen LogP contribution in [0.25, 0.3) is 0 Å². The van der Waals surface area contributed by atoms with E-state index in [1.165, 1.54) is 0 Å². The predicted octanol–water partition coefficient (Wildman–Crippen LogP) is 4.49. The Morgan fingerprint density at radius 3 is 2.57 bits per heavy atom. The summed E-state index contributed by atoms with van der Waals surface area (Å²) in [7, 11) is 0. The first-order valence-electron chi connectivity index (χ1n) is 6.54. The van der Waals surface area contributed by atoms with E-state index in [1.807, 2.05) is 0 Å². The Morgan fingerprint density at radius 1 is 1.05 bits per heavy atom. The van der Waals surface area contributed by atoms with Gasteiger partial charge in [-0.2, -0.15) is 0 Å². The molecule has 0 atom stereocenters. The van der Waals surface area contributed by atoms with Crippen LogP contribution in [0.15, 0.2) is 40.9 Å². The molecule has 2 aromatic rings. The highest BCUT2D eigenvalue weighted by molar-refractivity contribution is 9.10. The molecule has 3 nitrogen and oxygen atoms in total. The number of halogens is 2. The number of rotatable bonds is 2. The van der Waals surface area contributed by atoms with Crippen LogP contribution in [0.4, 0.5) is 0 Å². The molecule has 0 spiro atoms. The average molecular weight is 368 g/mol. The van der Waals surface area contributed by atoms with E-state index < -0.39 is 0 Å². The minimum atomic E-state index is -0.0887. The molecule has 5 heteroatoms. The van der Waals surface area contributed by atoms with Crippen molar-refractivity contribution >= 4 is 33.3 Å². The van der Waals surface area contributed by atoms with Gasteiger partial charge < -0.3 is 9.47 Å². The molecule has 2 aromatic carbocycles. The number of hydrogen-bond donors (Lipinski definition) is 0. The van der Waals surface area contributed by atoms with Gasteiger partial charge in [-0.15, -0.1) is 0 Å². The van der Waals surface area contributed by atoms with Crippen LogP contribution >= 0.6 is 27.5 Å². The Hall–Kier alpha value is -1.52. The van der Waals surface area contributed by atoms with Crippen molar-refractivity contribution in [1.82, 2.24) is 0 Å². The smallest absolute Gasteiger partial charge is 0.194 e. The molecule has 0 bridgehead atoms. The zero-order valence-corrected chi connectivity index (χ0v) is 13.4. The zero-order valence-electron chi connectivity index (χ0n) is 11.1. The third-order valence-corrected chi connectivity index (χ3v) is 4.08. The van der Waals surface area contributed by atoms with Gasteiger partial charge in [0.2, 0.25) is 0 Å². The van der Waals surface area contributed by atoms with Gasteiger partial charge >= 0.3 is 0 Å². The Labute approximate surface area is 136 Å². The lowest BCUT2D eigenvalue weighted by Gasteiger charge is -2.09. The number of benzene rings is 2. The van der Waals surface area contributed by atoms with Gasteiger partial charge in [-0.3, -0.25) is 4.79 Å². The Kier molecular flexibility index (Phi) is 4.17. The van der Waals surface area contributed by atoms with Gasteiger partial charge in [0.05, 0.1) is 13.2 Å². The molecule has 0 aromatic heterocycles. The van der Waals surface area contributed by atoms with Crippen molar-refractivity contribution in [3.8, 4) is 11.5 Å². The van der Waals surface area contributed by atoms with Crippen molar-refractivity contribution in [3.63, 3.8) is 0 Å². The molecule has 0 aliphatic carbocycles. The molecule has 1 aliphatic heterocycles. The van der Waals surface area contributed by atoms with Crippen LogP contribution in [-0.4, -0.2) is 19.0 Å². The van der Waals surface area contributed by atoms with Gasteiger partial charge in [0.15, 0.2) is 17.3 Å². The second-order valence-corrected chi connectivity index (χ2v) is 5.96. The lowest BCUT2D eigenvalue weighted by molar-refractivity contribution is 0.103. The summed E-state index contributed by atoms with van der Waals surface area (Å²) < 4.78 is 11.9. The molecular weight excluding hydrogens is 356 g/mol. The maximum Gasteiger partial charge on any atom is 0.194 e. The molecule has 0 radical (unpaired) electrons. The van der Waals surface area contributed by atoms with E-state index in [9.17, 15) is 4.79 Å². The van der Waals surface area contributed by atoms with Crippen LogP contribution < -0.4 is 9.47 Å². The van der Waals surface area contributed by atoms with Crippen molar-refractivity contribution < 1.29 is 14.3 Å². The van der Waals surface area contributed by atoms with E-state index >= 15 is 0 Å². The number of hydrogen-bond acceptors (Lipinski definition) is 3. The topological polar surface area (TPSA) is 35.5 Å². The maximum absolute atomic E-state index is 12.6. The van der Waals surface area contributed by atoms with Crippen LogP contribution in [0.2, 0.25) is 5.02 Å². The fourth-order valence-electron chi connectivity index (χ4n) is 2.13. The Balaban J connectivity index is 1.96. The molecular formula is C16H12BrClO3. The molecule has 0 unspecified atom stereocenters. The third-order valence-electron chi connectivity index (χ3n) is 3.19. The lowest BCUT2D eigenvalue weighted by Crippen LogP contribution is -2.03. The number of carbonyl (C=O) groups excluding carboxylic acids is 1. The van der Waals surface area contributed by atoms with Gasteiger partial charge in [0.1, 0.15) is 0 Å². The van der Waals surface area contributed by atoms with E-state index in [0.717, 1.165) is 6.42 Å². The van der Waals surface area contributed by atoms with Crippen LogP contribution in [0, 0.1) is 0 Å². The molecule has 0 amide bonds. The molecule has 21 heavy (non-hydrogen) atoms. The summed E-state index contributed by atoms with van der Waals surface area (Å²) in [6.07, 6.45) is 0.834. The summed E-state index contributed by atoms with van der Waals surface area (Å²) in [5.41, 5.74) is 1.12. The minimum absolute atomic E-state index is 0.0887. The minimum Gasteiger partial charge on any atom is -0.490 e. The van der Waals surface area contributed by atoms with Gasteiger partial charge in [0.25, 0.3) is 0 Å². The summed E-state index contributed by atoms with van der Waals surface area (Å²) in [4.78, 5) is 12.6. The first-order chi connectivity index (χ1) is 10.1. The third kappa shape index (κ3) is 3.06. The van der Waals surface area contributed by atoms with Crippen LogP contribution in [0.1, 0.15) is 22.3 Å². The second-order valence-electron chi connectivity index (χ2n) is 4.67. The van der Waals surface area contributed by atoms with Crippen molar-refractivity contribution in [1.29, 1.82) is 0 Å². The summed E-state index contributed by atoms with van der Waals surface area (Å²) in [6, 6.07) is 10.4. The molecule has 0 saturated heterocycles. The Bertz CT molecular complexity index is 700. The quantitative estimate of drug-likeness (QED) is 0.733. The van der Waals surface area contributed by atoms with Gasteiger partial charge in [-0.05, 0) is 52.3 Å². The largest absolute Gasteiger partial charge is 0.490 e. The van der Waals surface area contributed by atoms with Gasteiger partial charge in [-0.1, -0.05) is 11.6 Å². The number of carbonyl (C=O) groups is 1. The highest BCUT2D eigenvalue weighted by atomic mass is 79.9. The number of ether oxygens (including phenoxy) is 2. The fourth-order valence-corrected chi connectivity index (χ4v) is 3.00. The highest BCUT2D eigenvalue weighted by Crippen LogP contribution is 2.32. The fraction of sp³-hybridized carbons (Fsp3) is 0.188. The summed E-state index contributed by atoms with van der Waals surface area (Å²) >= 11 is 9.27. The second kappa shape index (κ2) is 6.08. The first-order valence-corrected chi connectivity index (χ1v) is 7.71. The van der Waals surface area contributed by atoms with Gasteiger partial charge in [0, 0.05) is 27.0 Å². The number of fused-ring (bicyclic) bond motifs is 1. The monoisotopic (exact) mass is 366 g/mol. The molecule has 1 aliphatic rings. The highest BCUT2D eigenvalue weighted by Gasteiger charge is 2.17. The van der Waals surface area contributed by atoms with Crippen molar-refractivity contribution in [2.45, 2.75) is 6.42 Å². The normalized spacial score (nSPS) is 13.6. The summed E-state index contributed by atoms with van der Waals surface area (Å²) in [6.45, 7) is 1.22. The van der Waals surface area contributed by atoms with E-state index in [4.69, 9.17) is 21.1 Å². The predicted molar refractivity (Wildman–Crippen MR) is 84.6 cm³/mol. The summed E-state index contributed by atoms with van der Waals surface area (Å²) in [5, 5.41) is 0.581. The molecule has 0 fully saturated rings. The summed E-state index contributed by atoms with van der Waals surface area (Å²) in [5.74, 6) is 1.21. The van der Waals surface area contributed by atoms with E-state index in [-0.39, 0.29) is 5.78 Å². The van der Waals surface area contributed by atoms with Crippen LogP contribution in [0.5, 0.6) is 11.5 Å². The molecule has 108 valence electrons. The zero-order chi connectivity index (χ0) is 14.8. The molecule has 3 rings (SSSR count). The Morgan fingerprint density at radius 2 is 1.81 bits per heavy atom. The number of ketones is 1.